The number of nitrogens with one attached hydrogen (secondary N) is 3. The van der Waals surface area contributed by atoms with Crippen LogP contribution in [0.25, 0.3) is 11.3 Å². The highest BCUT2D eigenvalue weighted by Crippen LogP contribution is 2.33. The lowest BCUT2D eigenvalue weighted by Gasteiger charge is -2.34. The normalized spacial score (nSPS) is 20.3. The number of amides is 3. The second-order valence-electron chi connectivity index (χ2n) is 13.7. The molecule has 2 aliphatic rings. The summed E-state index contributed by atoms with van der Waals surface area (Å²) in [6, 6.07) is 21.1. The Hall–Kier alpha value is -4.56. The summed E-state index contributed by atoms with van der Waals surface area (Å²) in [6.45, 7) is 6.38. The van der Waals surface area contributed by atoms with Crippen molar-refractivity contribution in [3.05, 3.63) is 90.1 Å². The molecule has 0 unspecified atom stereocenters. The van der Waals surface area contributed by atoms with Gasteiger partial charge in [0.1, 0.15) is 12.1 Å². The number of aliphatic hydroxyl groups is 1. The van der Waals surface area contributed by atoms with Crippen molar-refractivity contribution in [2.45, 2.75) is 70.7 Å². The highest BCUT2D eigenvalue weighted by atomic mass is 16.7. The number of pyridine rings is 1. The van der Waals surface area contributed by atoms with Crippen molar-refractivity contribution in [1.29, 1.82) is 0 Å². The van der Waals surface area contributed by atoms with E-state index in [9.17, 15) is 19.5 Å². The van der Waals surface area contributed by atoms with Gasteiger partial charge in [0.2, 0.25) is 5.91 Å². The van der Waals surface area contributed by atoms with Gasteiger partial charge in [-0.3, -0.25) is 15.2 Å². The number of methoxy groups -OCH3 is 1. The molecule has 1 aromatic heterocycles. The van der Waals surface area contributed by atoms with Crippen molar-refractivity contribution in [2.75, 3.05) is 26.9 Å². The molecular formula is C37H47N5O8. The minimum atomic E-state index is -1.17. The number of benzene rings is 2. The number of aliphatic hydroxyl groups excluding tert-OH is 1. The Morgan fingerprint density at radius 1 is 0.960 bits per heavy atom. The van der Waals surface area contributed by atoms with Crippen LogP contribution in [-0.2, 0) is 36.7 Å². The Bertz CT molecular complexity index is 1550. The fourth-order valence-electron chi connectivity index (χ4n) is 6.15. The molecule has 5 rings (SSSR count). The summed E-state index contributed by atoms with van der Waals surface area (Å²) in [7, 11) is 1.23. The first-order valence-electron chi connectivity index (χ1n) is 16.8. The van der Waals surface area contributed by atoms with Gasteiger partial charge in [-0.2, -0.15) is 0 Å². The van der Waals surface area contributed by atoms with Gasteiger partial charge in [-0.25, -0.2) is 14.6 Å². The predicted octanol–water partition coefficient (Wildman–Crippen LogP) is 3.81. The maximum absolute atomic E-state index is 13.7. The Labute approximate surface area is 292 Å². The standard InChI is InChI=1S/C37H47N5O8/c1-37(2,3)32(40-35(45)47-4)33(44)39-29(20-24-10-6-5-7-11-24)30(43)22-42(41-36(46)50-31-23-49-34-27(31)17-19-48-34)21-25-13-15-26(16-14-25)28-12-8-9-18-38-28/h5-16,18,27,29-32,34,43H,17,19-23H2,1-4H3,(H,39,44)(H,40,45)(H,41,46)/t27-,29-,30-,31-,32+,34+/m0/s1. The molecule has 2 aromatic carbocycles. The third-order valence-electron chi connectivity index (χ3n) is 8.85. The summed E-state index contributed by atoms with van der Waals surface area (Å²) in [5, 5.41) is 18.9. The van der Waals surface area contributed by atoms with E-state index in [4.69, 9.17) is 18.9 Å². The summed E-state index contributed by atoms with van der Waals surface area (Å²) in [5.41, 5.74) is 5.64. The molecule has 6 atom stereocenters. The molecule has 2 aliphatic heterocycles. The highest BCUT2D eigenvalue weighted by molar-refractivity contribution is 5.86. The third kappa shape index (κ3) is 10.0. The zero-order valence-corrected chi connectivity index (χ0v) is 28.9. The van der Waals surface area contributed by atoms with E-state index in [0.717, 1.165) is 28.8 Å². The number of ether oxygens (including phenoxy) is 4. The van der Waals surface area contributed by atoms with Crippen molar-refractivity contribution in [2.24, 2.45) is 11.3 Å². The molecule has 0 spiro atoms. The number of hydrazine groups is 1. The van der Waals surface area contributed by atoms with E-state index >= 15 is 0 Å². The first kappa shape index (κ1) is 36.7. The molecular weight excluding hydrogens is 642 g/mol. The minimum absolute atomic E-state index is 0.0428. The molecule has 3 heterocycles. The highest BCUT2D eigenvalue weighted by Gasteiger charge is 2.44. The Morgan fingerprint density at radius 2 is 1.70 bits per heavy atom. The molecule has 0 saturated carbocycles. The molecule has 0 radical (unpaired) electrons. The number of fused-ring (bicyclic) bond motifs is 1. The van der Waals surface area contributed by atoms with Gasteiger partial charge >= 0.3 is 12.2 Å². The number of hydrogen-bond donors (Lipinski definition) is 4. The Kier molecular flexibility index (Phi) is 12.4. The van der Waals surface area contributed by atoms with Gasteiger partial charge in [-0.15, -0.1) is 0 Å². The predicted molar refractivity (Wildman–Crippen MR) is 184 cm³/mol. The summed E-state index contributed by atoms with van der Waals surface area (Å²) in [5.74, 6) is -0.528. The molecule has 50 heavy (non-hydrogen) atoms. The first-order valence-corrected chi connectivity index (χ1v) is 16.8. The molecule has 2 saturated heterocycles. The average Bonchev–Trinajstić information content (AvgIpc) is 3.72. The van der Waals surface area contributed by atoms with Crippen LogP contribution >= 0.6 is 0 Å². The maximum atomic E-state index is 13.7. The molecule has 2 fully saturated rings. The molecule has 3 amide bonds. The lowest BCUT2D eigenvalue weighted by molar-refractivity contribution is -0.127. The largest absolute Gasteiger partial charge is 0.453 e. The van der Waals surface area contributed by atoms with Gasteiger partial charge in [0.05, 0.1) is 44.1 Å². The minimum Gasteiger partial charge on any atom is -0.453 e. The summed E-state index contributed by atoms with van der Waals surface area (Å²) >= 11 is 0. The van der Waals surface area contributed by atoms with Crippen molar-refractivity contribution in [1.82, 2.24) is 26.1 Å². The van der Waals surface area contributed by atoms with Gasteiger partial charge < -0.3 is 34.7 Å². The molecule has 0 bridgehead atoms. The second-order valence-corrected chi connectivity index (χ2v) is 13.7. The fourth-order valence-corrected chi connectivity index (χ4v) is 6.15. The molecule has 13 nitrogen and oxygen atoms in total. The van der Waals surface area contributed by atoms with Gasteiger partial charge in [-0.1, -0.05) is 81.4 Å². The zero-order chi connectivity index (χ0) is 35.7. The van der Waals surface area contributed by atoms with E-state index in [0.29, 0.717) is 6.61 Å². The van der Waals surface area contributed by atoms with Crippen LogP contribution in [0, 0.1) is 11.3 Å². The van der Waals surface area contributed by atoms with Crippen LogP contribution in [0.2, 0.25) is 0 Å². The molecule has 3 aromatic rings. The lowest BCUT2D eigenvalue weighted by atomic mass is 9.85. The topological polar surface area (TPSA) is 161 Å². The second kappa shape index (κ2) is 16.9. The van der Waals surface area contributed by atoms with E-state index in [-0.39, 0.29) is 38.3 Å². The molecule has 0 aliphatic carbocycles. The number of aromatic nitrogens is 1. The van der Waals surface area contributed by atoms with E-state index in [1.807, 2.05) is 93.6 Å². The van der Waals surface area contributed by atoms with Gasteiger partial charge in [0, 0.05) is 24.8 Å². The average molecular weight is 690 g/mol. The first-order chi connectivity index (χ1) is 24.0. The smallest absolute Gasteiger partial charge is 0.422 e. The van der Waals surface area contributed by atoms with Crippen molar-refractivity contribution in [3.63, 3.8) is 0 Å². The van der Waals surface area contributed by atoms with Gasteiger partial charge in [-0.05, 0) is 41.5 Å². The van der Waals surface area contributed by atoms with Crippen LogP contribution in [0.4, 0.5) is 9.59 Å². The summed E-state index contributed by atoms with van der Waals surface area (Å²) in [6.07, 6.45) is -0.708. The zero-order valence-electron chi connectivity index (χ0n) is 28.9. The maximum Gasteiger partial charge on any atom is 0.422 e. The number of alkyl carbamates (subject to hydrolysis) is 1. The number of carbonyl (C=O) groups excluding carboxylic acids is 3. The number of rotatable bonds is 13. The van der Waals surface area contributed by atoms with Crippen LogP contribution in [0.15, 0.2) is 79.0 Å². The van der Waals surface area contributed by atoms with Crippen LogP contribution in [0.1, 0.15) is 38.3 Å². The Morgan fingerprint density at radius 3 is 2.38 bits per heavy atom. The summed E-state index contributed by atoms with van der Waals surface area (Å²) in [4.78, 5) is 43.6. The van der Waals surface area contributed by atoms with E-state index in [2.05, 4.69) is 21.0 Å². The number of nitrogens with zero attached hydrogens (tertiary/aromatic N) is 2. The van der Waals surface area contributed by atoms with E-state index in [1.54, 1.807) is 11.2 Å². The quantitative estimate of drug-likeness (QED) is 0.194. The van der Waals surface area contributed by atoms with Crippen LogP contribution in [0.5, 0.6) is 0 Å². The van der Waals surface area contributed by atoms with Crippen molar-refractivity contribution >= 4 is 18.1 Å². The van der Waals surface area contributed by atoms with Crippen LogP contribution in [-0.4, -0.2) is 90.6 Å². The van der Waals surface area contributed by atoms with E-state index in [1.165, 1.54) is 7.11 Å². The van der Waals surface area contributed by atoms with Gasteiger partial charge in [0.15, 0.2) is 6.29 Å². The van der Waals surface area contributed by atoms with E-state index < -0.39 is 47.8 Å². The number of carbonyl (C=O) groups is 3. The van der Waals surface area contributed by atoms with Crippen LogP contribution < -0.4 is 16.1 Å². The lowest BCUT2D eigenvalue weighted by Crippen LogP contribution is -2.59. The SMILES string of the molecule is COC(=O)N[C@H](C(=O)N[C@@H](Cc1ccccc1)[C@@H](O)CN(Cc1ccc(-c2ccccn2)cc1)NC(=O)O[C@H]1CO[C@H]2OCC[C@H]21)C(C)(C)C. The van der Waals surface area contributed by atoms with Crippen LogP contribution in [0.3, 0.4) is 0 Å². The molecule has 13 heteroatoms. The number of hydrogen-bond acceptors (Lipinski definition) is 10. The van der Waals surface area contributed by atoms with Gasteiger partial charge in [0.25, 0.3) is 0 Å². The Balaban J connectivity index is 1.35. The molecule has 268 valence electrons. The fraction of sp³-hybridized carbons (Fsp3) is 0.459. The third-order valence-corrected chi connectivity index (χ3v) is 8.85. The summed E-state index contributed by atoms with van der Waals surface area (Å²) < 4.78 is 21.8. The monoisotopic (exact) mass is 689 g/mol. The van der Waals surface area contributed by atoms with Crippen molar-refractivity contribution < 1.29 is 38.4 Å². The molecule has 4 N–H and O–H groups in total. The van der Waals surface area contributed by atoms with Crippen molar-refractivity contribution in [3.8, 4) is 11.3 Å².